The highest BCUT2D eigenvalue weighted by molar-refractivity contribution is 5.95. The fourth-order valence-corrected chi connectivity index (χ4v) is 1.77. The second-order valence-electron chi connectivity index (χ2n) is 4.45. The molecule has 0 spiro atoms. The maximum atomic E-state index is 12.1. The van der Waals surface area contributed by atoms with Crippen molar-refractivity contribution < 1.29 is 4.79 Å². The van der Waals surface area contributed by atoms with Crippen LogP contribution in [0.15, 0.2) is 60.8 Å². The minimum atomic E-state index is -0.146. The number of nitrogens with one attached hydrogen (secondary N) is 1. The molecule has 0 radical (unpaired) electrons. The fraction of sp³-hybridized carbons (Fsp3) is 0.235. The zero-order chi connectivity index (χ0) is 15.0. The van der Waals surface area contributed by atoms with Crippen molar-refractivity contribution in [3.63, 3.8) is 0 Å². The summed E-state index contributed by atoms with van der Waals surface area (Å²) in [6, 6.07) is 7.40. The summed E-state index contributed by atoms with van der Waals surface area (Å²) in [6.45, 7) is 7.56. The van der Waals surface area contributed by atoms with Gasteiger partial charge in [0, 0.05) is 17.3 Å². The fourth-order valence-electron chi connectivity index (χ4n) is 1.77. The molecule has 0 aliphatic rings. The highest BCUT2D eigenvalue weighted by atomic mass is 16.1. The Hall–Kier alpha value is -2.13. The van der Waals surface area contributed by atoms with Gasteiger partial charge in [0.15, 0.2) is 0 Å². The third kappa shape index (κ3) is 4.52. The van der Waals surface area contributed by atoms with Crippen molar-refractivity contribution in [2.75, 3.05) is 0 Å². The molecule has 0 saturated heterocycles. The Balaban J connectivity index is 2.82. The number of benzene rings is 1. The summed E-state index contributed by atoms with van der Waals surface area (Å²) in [4.78, 5) is 12.1. The van der Waals surface area contributed by atoms with E-state index in [9.17, 15) is 4.79 Å². The number of carbonyl (C=O) groups is 1. The SMILES string of the molecule is C=C/C=C(\C=C/C)NC(=O)c1ccc(C(N)CC)cc1. The van der Waals surface area contributed by atoms with Crippen molar-refractivity contribution in [3.8, 4) is 0 Å². The van der Waals surface area contributed by atoms with Crippen molar-refractivity contribution in [1.29, 1.82) is 0 Å². The minimum Gasteiger partial charge on any atom is -0.324 e. The summed E-state index contributed by atoms with van der Waals surface area (Å²) in [7, 11) is 0. The Morgan fingerprint density at radius 3 is 2.55 bits per heavy atom. The maximum Gasteiger partial charge on any atom is 0.255 e. The Bertz CT molecular complexity index is 512. The van der Waals surface area contributed by atoms with Gasteiger partial charge in [-0.25, -0.2) is 0 Å². The normalized spacial score (nSPS) is 13.2. The van der Waals surface area contributed by atoms with Gasteiger partial charge in [-0.15, -0.1) is 0 Å². The Kier molecular flexibility index (Phi) is 6.47. The molecule has 1 aromatic carbocycles. The van der Waals surface area contributed by atoms with Gasteiger partial charge in [0.2, 0.25) is 0 Å². The number of hydrogen-bond acceptors (Lipinski definition) is 2. The van der Waals surface area contributed by atoms with E-state index in [1.54, 1.807) is 24.3 Å². The zero-order valence-corrected chi connectivity index (χ0v) is 12.1. The van der Waals surface area contributed by atoms with Crippen LogP contribution < -0.4 is 11.1 Å². The summed E-state index contributed by atoms with van der Waals surface area (Å²) in [5, 5.41) is 2.83. The van der Waals surface area contributed by atoms with Crippen molar-refractivity contribution in [1.82, 2.24) is 5.32 Å². The monoisotopic (exact) mass is 270 g/mol. The first-order chi connectivity index (χ1) is 9.62. The molecule has 106 valence electrons. The molecule has 0 bridgehead atoms. The first-order valence-electron chi connectivity index (χ1n) is 6.74. The van der Waals surface area contributed by atoms with Gasteiger partial charge in [-0.2, -0.15) is 0 Å². The average Bonchev–Trinajstić information content (AvgIpc) is 2.47. The van der Waals surface area contributed by atoms with Gasteiger partial charge in [-0.3, -0.25) is 4.79 Å². The molecular formula is C17H22N2O. The van der Waals surface area contributed by atoms with Crippen LogP contribution in [0.3, 0.4) is 0 Å². The molecule has 3 heteroatoms. The van der Waals surface area contributed by atoms with Gasteiger partial charge in [-0.05, 0) is 43.2 Å². The summed E-state index contributed by atoms with van der Waals surface area (Å²) in [6.07, 6.45) is 7.94. The van der Waals surface area contributed by atoms with Gasteiger partial charge < -0.3 is 11.1 Å². The lowest BCUT2D eigenvalue weighted by molar-refractivity contribution is 0.0967. The van der Waals surface area contributed by atoms with Crippen LogP contribution in [0.2, 0.25) is 0 Å². The molecule has 20 heavy (non-hydrogen) atoms. The van der Waals surface area contributed by atoms with Crippen molar-refractivity contribution in [3.05, 3.63) is 72.0 Å². The first kappa shape index (κ1) is 15.9. The number of amides is 1. The van der Waals surface area contributed by atoms with Crippen LogP contribution in [-0.2, 0) is 0 Å². The average molecular weight is 270 g/mol. The molecule has 0 saturated carbocycles. The van der Waals surface area contributed by atoms with Crippen LogP contribution in [-0.4, -0.2) is 5.91 Å². The molecule has 0 aromatic heterocycles. The molecule has 1 rings (SSSR count). The summed E-state index contributed by atoms with van der Waals surface area (Å²) >= 11 is 0. The number of carbonyl (C=O) groups excluding carboxylic acids is 1. The second kappa shape index (κ2) is 8.12. The van der Waals surface area contributed by atoms with Crippen molar-refractivity contribution in [2.45, 2.75) is 26.3 Å². The van der Waals surface area contributed by atoms with E-state index in [0.29, 0.717) is 11.3 Å². The van der Waals surface area contributed by atoms with Crippen LogP contribution in [0.1, 0.15) is 42.2 Å². The number of rotatable bonds is 6. The third-order valence-corrected chi connectivity index (χ3v) is 2.94. The Labute approximate surface area is 120 Å². The predicted octanol–water partition coefficient (Wildman–Crippen LogP) is 3.47. The van der Waals surface area contributed by atoms with Gasteiger partial charge in [-0.1, -0.05) is 37.8 Å². The first-order valence-corrected chi connectivity index (χ1v) is 6.74. The largest absolute Gasteiger partial charge is 0.324 e. The smallest absolute Gasteiger partial charge is 0.255 e. The summed E-state index contributed by atoms with van der Waals surface area (Å²) < 4.78 is 0. The number of nitrogens with two attached hydrogens (primary N) is 1. The van der Waals surface area contributed by atoms with E-state index in [4.69, 9.17) is 5.73 Å². The van der Waals surface area contributed by atoms with E-state index in [0.717, 1.165) is 12.0 Å². The highest BCUT2D eigenvalue weighted by Crippen LogP contribution is 2.14. The lowest BCUT2D eigenvalue weighted by Gasteiger charge is -2.10. The lowest BCUT2D eigenvalue weighted by Crippen LogP contribution is -2.22. The van der Waals surface area contributed by atoms with E-state index < -0.39 is 0 Å². The number of allylic oxidation sites excluding steroid dienone is 4. The van der Waals surface area contributed by atoms with Gasteiger partial charge in [0.1, 0.15) is 0 Å². The van der Waals surface area contributed by atoms with E-state index in [1.165, 1.54) is 0 Å². The molecule has 1 aromatic rings. The summed E-state index contributed by atoms with van der Waals surface area (Å²) in [5.41, 5.74) is 8.31. The minimum absolute atomic E-state index is 0.0198. The summed E-state index contributed by atoms with van der Waals surface area (Å²) in [5.74, 6) is -0.146. The van der Waals surface area contributed by atoms with Crippen molar-refractivity contribution in [2.24, 2.45) is 5.73 Å². The van der Waals surface area contributed by atoms with Crippen LogP contribution in [0.5, 0.6) is 0 Å². The Morgan fingerprint density at radius 2 is 2.05 bits per heavy atom. The van der Waals surface area contributed by atoms with E-state index >= 15 is 0 Å². The van der Waals surface area contributed by atoms with E-state index in [-0.39, 0.29) is 11.9 Å². The molecule has 3 N–H and O–H groups in total. The maximum absolute atomic E-state index is 12.1. The molecule has 0 aliphatic heterocycles. The van der Waals surface area contributed by atoms with Crippen LogP contribution in [0.25, 0.3) is 0 Å². The zero-order valence-electron chi connectivity index (χ0n) is 12.1. The van der Waals surface area contributed by atoms with Gasteiger partial charge >= 0.3 is 0 Å². The molecule has 3 nitrogen and oxygen atoms in total. The molecule has 0 fully saturated rings. The van der Waals surface area contributed by atoms with E-state index in [2.05, 4.69) is 11.9 Å². The molecule has 1 amide bonds. The molecule has 1 unspecified atom stereocenters. The third-order valence-electron chi connectivity index (χ3n) is 2.94. The Morgan fingerprint density at radius 1 is 1.40 bits per heavy atom. The van der Waals surface area contributed by atoms with Crippen molar-refractivity contribution >= 4 is 5.91 Å². The quantitative estimate of drug-likeness (QED) is 0.778. The van der Waals surface area contributed by atoms with Crippen LogP contribution in [0.4, 0.5) is 0 Å². The van der Waals surface area contributed by atoms with Crippen LogP contribution in [0, 0.1) is 0 Å². The molecular weight excluding hydrogens is 248 g/mol. The van der Waals surface area contributed by atoms with Crippen LogP contribution >= 0.6 is 0 Å². The van der Waals surface area contributed by atoms with Gasteiger partial charge in [0.05, 0.1) is 0 Å². The molecule has 0 aliphatic carbocycles. The highest BCUT2D eigenvalue weighted by Gasteiger charge is 2.08. The standard InChI is InChI=1S/C17H22N2O/c1-4-7-15(8-5-2)19-17(20)14-11-9-13(10-12-14)16(18)6-3/h4-5,7-12,16H,1,6,18H2,2-3H3,(H,19,20)/b8-5-,15-7+. The van der Waals surface area contributed by atoms with E-state index in [1.807, 2.05) is 38.1 Å². The predicted molar refractivity (Wildman–Crippen MR) is 84.2 cm³/mol. The lowest BCUT2D eigenvalue weighted by atomic mass is 10.0. The molecule has 0 heterocycles. The topological polar surface area (TPSA) is 55.1 Å². The molecule has 1 atom stereocenters. The number of hydrogen-bond donors (Lipinski definition) is 2. The van der Waals surface area contributed by atoms with Gasteiger partial charge in [0.25, 0.3) is 5.91 Å². The second-order valence-corrected chi connectivity index (χ2v) is 4.45.